The molecule has 0 unspecified atom stereocenters. The summed E-state index contributed by atoms with van der Waals surface area (Å²) in [5, 5.41) is 9.19. The maximum Gasteiger partial charge on any atom is 0.243 e. The van der Waals surface area contributed by atoms with Gasteiger partial charge in [-0.05, 0) is 41.9 Å². The molecule has 1 aromatic heterocycles. The van der Waals surface area contributed by atoms with Crippen LogP contribution in [0.1, 0.15) is 122 Å². The second-order valence-corrected chi connectivity index (χ2v) is 23.0. The largest absolute Gasteiger partial charge is 0.354 e. The third-order valence-electron chi connectivity index (χ3n) is 10.4. The molecule has 0 radical (unpaired) electrons. The van der Waals surface area contributed by atoms with Crippen molar-refractivity contribution in [1.82, 2.24) is 20.5 Å². The van der Waals surface area contributed by atoms with Gasteiger partial charge in [0.05, 0.1) is 16.9 Å². The van der Waals surface area contributed by atoms with Gasteiger partial charge < -0.3 is 20.5 Å². The molecule has 0 saturated carbocycles. The van der Waals surface area contributed by atoms with Crippen molar-refractivity contribution in [1.29, 1.82) is 0 Å². The number of rotatable bonds is 29. The molecule has 0 bridgehead atoms. The number of hydrogen-bond acceptors (Lipinski definition) is 9. The van der Waals surface area contributed by atoms with Gasteiger partial charge in [-0.15, -0.1) is 23.5 Å². The van der Waals surface area contributed by atoms with Crippen molar-refractivity contribution in [2.75, 3.05) is 18.1 Å². The van der Waals surface area contributed by atoms with Crippen molar-refractivity contribution < 1.29 is 14.4 Å². The van der Waals surface area contributed by atoms with E-state index >= 15 is 0 Å². The second-order valence-electron chi connectivity index (χ2n) is 15.7. The minimum Gasteiger partial charge on any atom is -0.354 e. The molecule has 7 nitrogen and oxygen atoms in total. The second kappa shape index (κ2) is 28.5. The number of nitrogens with one attached hydrogen (secondary N) is 3. The molecule has 61 heavy (non-hydrogen) atoms. The SMILES string of the molecule is CCCCCCCCCCCCNC(=O)[C@H](Cc1ccccc1)NC(=O)[C@H](Cc1ccccc1)NC(=O)Cn1cc2c(c1)SC(=C1SC(SCCCC)=C(SCCCC)S1)S2. The Morgan fingerprint density at radius 2 is 1.02 bits per heavy atom. The summed E-state index contributed by atoms with van der Waals surface area (Å²) >= 11 is 11.4. The van der Waals surface area contributed by atoms with Crippen LogP contribution in [0, 0.1) is 0 Å². The Labute approximate surface area is 391 Å². The van der Waals surface area contributed by atoms with E-state index in [-0.39, 0.29) is 24.3 Å². The van der Waals surface area contributed by atoms with E-state index in [4.69, 9.17) is 0 Å². The average Bonchev–Trinajstić information content (AvgIpc) is 3.97. The summed E-state index contributed by atoms with van der Waals surface area (Å²) in [4.78, 5) is 43.8. The molecule has 2 aliphatic heterocycles. The predicted molar refractivity (Wildman–Crippen MR) is 269 cm³/mol. The summed E-state index contributed by atoms with van der Waals surface area (Å²) < 4.78 is 7.50. The van der Waals surface area contributed by atoms with Crippen LogP contribution in [0.5, 0.6) is 0 Å². The summed E-state index contributed by atoms with van der Waals surface area (Å²) in [6, 6.07) is 17.9. The zero-order chi connectivity index (χ0) is 43.1. The Hall–Kier alpha value is -2.29. The van der Waals surface area contributed by atoms with E-state index < -0.39 is 12.1 Å². The maximum atomic E-state index is 14.1. The lowest BCUT2D eigenvalue weighted by atomic mass is 10.0. The van der Waals surface area contributed by atoms with Gasteiger partial charge in [0.2, 0.25) is 17.7 Å². The zero-order valence-electron chi connectivity index (χ0n) is 36.3. The Morgan fingerprint density at radius 3 is 1.52 bits per heavy atom. The normalized spacial score (nSPS) is 14.6. The highest BCUT2D eigenvalue weighted by Gasteiger charge is 2.31. The zero-order valence-corrected chi connectivity index (χ0v) is 41.2. The fraction of sp³-hybridized carbons (Fsp3) is 0.521. The number of carbonyl (C=O) groups is 3. The lowest BCUT2D eigenvalue weighted by molar-refractivity contribution is -0.132. The first kappa shape index (κ1) is 49.7. The monoisotopic (exact) mass is 938 g/mol. The van der Waals surface area contributed by atoms with Gasteiger partial charge in [0, 0.05) is 41.6 Å². The standard InChI is InChI=1S/C48H66N4O3S6/c1-4-7-10-11-12-13-14-15-16-23-28-49-43(54)38(31-36-24-19-17-20-25-36)51-44(55)39(32-37-26-21-18-22-27-37)50-42(53)35-52-33-40-41(34-52)59-47(58-40)48-60-45(56-29-8-5-2)46(61-48)57-30-9-6-3/h17-22,24-27,33-34,38-39H,4-16,23,28-32,35H2,1-3H3,(H,49,54)(H,50,53)(H,51,55)/t38-,39-/m0/s1. The quantitative estimate of drug-likeness (QED) is 0.0589. The first-order valence-electron chi connectivity index (χ1n) is 22.5. The van der Waals surface area contributed by atoms with Gasteiger partial charge in [0.15, 0.2) is 0 Å². The molecule has 3 amide bonds. The van der Waals surface area contributed by atoms with Gasteiger partial charge in [0.25, 0.3) is 0 Å². The minimum atomic E-state index is -0.858. The number of benzene rings is 2. The van der Waals surface area contributed by atoms with Crippen molar-refractivity contribution in [3.05, 3.63) is 101 Å². The molecule has 2 aliphatic rings. The molecule has 0 aliphatic carbocycles. The topological polar surface area (TPSA) is 92.2 Å². The summed E-state index contributed by atoms with van der Waals surface area (Å²) in [5.41, 5.74) is 1.89. The van der Waals surface area contributed by atoms with Gasteiger partial charge in [-0.1, -0.05) is 199 Å². The summed E-state index contributed by atoms with van der Waals surface area (Å²) in [5.74, 6) is 1.49. The summed E-state index contributed by atoms with van der Waals surface area (Å²) in [6.45, 7) is 7.41. The Bertz CT molecular complexity index is 1820. The molecule has 5 rings (SSSR count). The van der Waals surface area contributed by atoms with E-state index in [1.54, 1.807) is 23.5 Å². The van der Waals surface area contributed by atoms with Gasteiger partial charge in [-0.3, -0.25) is 14.4 Å². The molecule has 3 heterocycles. The Balaban J connectivity index is 1.17. The smallest absolute Gasteiger partial charge is 0.243 e. The molecular weight excluding hydrogens is 873 g/mol. The average molecular weight is 939 g/mol. The van der Waals surface area contributed by atoms with E-state index in [2.05, 4.69) is 36.7 Å². The van der Waals surface area contributed by atoms with E-state index in [9.17, 15) is 14.4 Å². The molecular formula is C48H66N4O3S6. The Morgan fingerprint density at radius 1 is 0.557 bits per heavy atom. The molecule has 2 atom stereocenters. The fourth-order valence-corrected chi connectivity index (χ4v) is 15.9. The first-order chi connectivity index (χ1) is 29.9. The fourth-order valence-electron chi connectivity index (χ4n) is 6.91. The third-order valence-corrected chi connectivity index (χ3v) is 19.1. The van der Waals surface area contributed by atoms with E-state index in [1.807, 2.05) is 125 Å². The summed E-state index contributed by atoms with van der Waals surface area (Å²) in [7, 11) is 0. The van der Waals surface area contributed by atoms with Crippen LogP contribution in [-0.4, -0.2) is 52.4 Å². The number of hydrogen-bond donors (Lipinski definition) is 3. The third kappa shape index (κ3) is 17.7. The van der Waals surface area contributed by atoms with Crippen LogP contribution in [0.25, 0.3) is 0 Å². The molecule has 0 fully saturated rings. The number of unbranched alkanes of at least 4 members (excludes halogenated alkanes) is 11. The number of nitrogens with zero attached hydrogens (tertiary/aromatic N) is 1. The molecule has 0 spiro atoms. The number of fused-ring (bicyclic) bond motifs is 1. The van der Waals surface area contributed by atoms with E-state index in [0.717, 1.165) is 45.3 Å². The van der Waals surface area contributed by atoms with Gasteiger partial charge in [-0.25, -0.2) is 0 Å². The lowest BCUT2D eigenvalue weighted by Crippen LogP contribution is -2.55. The maximum absolute atomic E-state index is 14.1. The number of carbonyl (C=O) groups excluding carboxylic acids is 3. The molecule has 0 saturated heterocycles. The van der Waals surface area contributed by atoms with Crippen LogP contribution in [0.4, 0.5) is 0 Å². The van der Waals surface area contributed by atoms with Crippen molar-refractivity contribution in [3.63, 3.8) is 0 Å². The molecule has 3 aromatic rings. The van der Waals surface area contributed by atoms with Gasteiger partial charge in [0.1, 0.15) is 18.6 Å². The van der Waals surface area contributed by atoms with Gasteiger partial charge >= 0.3 is 0 Å². The van der Waals surface area contributed by atoms with Crippen LogP contribution in [0.15, 0.2) is 99.8 Å². The highest BCUT2D eigenvalue weighted by Crippen LogP contribution is 2.64. The molecule has 3 N–H and O–H groups in total. The van der Waals surface area contributed by atoms with Crippen molar-refractivity contribution in [2.24, 2.45) is 0 Å². The van der Waals surface area contributed by atoms with Crippen LogP contribution >= 0.6 is 70.6 Å². The molecule has 2 aromatic carbocycles. The molecule has 13 heteroatoms. The van der Waals surface area contributed by atoms with Gasteiger partial charge in [-0.2, -0.15) is 0 Å². The highest BCUT2D eigenvalue weighted by molar-refractivity contribution is 8.42. The molecule has 332 valence electrons. The van der Waals surface area contributed by atoms with E-state index in [1.165, 1.54) is 94.0 Å². The van der Waals surface area contributed by atoms with Crippen LogP contribution in [0.3, 0.4) is 0 Å². The Kier molecular flexibility index (Phi) is 23.2. The summed E-state index contributed by atoms with van der Waals surface area (Å²) in [6.07, 6.45) is 21.9. The van der Waals surface area contributed by atoms with Crippen LogP contribution < -0.4 is 16.0 Å². The number of amides is 3. The van der Waals surface area contributed by atoms with Crippen molar-refractivity contribution in [2.45, 2.75) is 152 Å². The van der Waals surface area contributed by atoms with E-state index in [0.29, 0.717) is 19.4 Å². The highest BCUT2D eigenvalue weighted by atomic mass is 32.3. The van der Waals surface area contributed by atoms with Crippen LogP contribution in [-0.2, 0) is 33.8 Å². The lowest BCUT2D eigenvalue weighted by Gasteiger charge is -2.24. The number of aromatic nitrogens is 1. The van der Waals surface area contributed by atoms with Crippen molar-refractivity contribution >= 4 is 88.3 Å². The first-order valence-corrected chi connectivity index (χ1v) is 27.7. The number of thioether (sulfide) groups is 6. The van der Waals surface area contributed by atoms with Crippen molar-refractivity contribution in [3.8, 4) is 0 Å². The minimum absolute atomic E-state index is 0.0901. The predicted octanol–water partition coefficient (Wildman–Crippen LogP) is 13.0. The van der Waals surface area contributed by atoms with Crippen LogP contribution in [0.2, 0.25) is 0 Å².